The number of rotatable bonds is 2. The quantitative estimate of drug-likeness (QED) is 0.469. The van der Waals surface area contributed by atoms with E-state index >= 15 is 0 Å². The summed E-state index contributed by atoms with van der Waals surface area (Å²) < 4.78 is 1.47. The van der Waals surface area contributed by atoms with Gasteiger partial charge < -0.3 is 5.84 Å². The van der Waals surface area contributed by atoms with Crippen LogP contribution in [0.1, 0.15) is 18.7 Å². The molecule has 0 fully saturated rings. The summed E-state index contributed by atoms with van der Waals surface area (Å²) in [5.74, 6) is 5.49. The highest BCUT2D eigenvalue weighted by atomic mass is 15.3. The van der Waals surface area contributed by atoms with Crippen molar-refractivity contribution in [3.05, 3.63) is 24.0 Å². The van der Waals surface area contributed by atoms with Crippen LogP contribution in [0.4, 0.5) is 0 Å². The van der Waals surface area contributed by atoms with Gasteiger partial charge in [0, 0.05) is 6.20 Å². The van der Waals surface area contributed by atoms with Gasteiger partial charge in [-0.15, -0.1) is 0 Å². The van der Waals surface area contributed by atoms with Crippen molar-refractivity contribution in [2.75, 3.05) is 5.84 Å². The summed E-state index contributed by atoms with van der Waals surface area (Å²) in [6.07, 6.45) is 1.73. The maximum atomic E-state index is 6.74. The summed E-state index contributed by atoms with van der Waals surface area (Å²) in [5.41, 5.74) is 7.59. The summed E-state index contributed by atoms with van der Waals surface area (Å²) in [7, 11) is 0. The Hall–Kier alpha value is -1.32. The monoisotopic (exact) mass is 138 g/mol. The minimum Gasteiger partial charge on any atom is -0.339 e. The lowest BCUT2D eigenvalue weighted by atomic mass is 10.2. The first kappa shape index (κ1) is 6.80. The molecule has 4 nitrogen and oxygen atoms in total. The van der Waals surface area contributed by atoms with E-state index in [1.165, 1.54) is 4.68 Å². The summed E-state index contributed by atoms with van der Waals surface area (Å²) in [6.45, 7) is 1.83. The first-order valence-corrected chi connectivity index (χ1v) is 3.04. The number of nitrogen functional groups attached to an aromatic ring is 1. The van der Waals surface area contributed by atoms with Gasteiger partial charge in [-0.2, -0.15) is 5.11 Å². The largest absolute Gasteiger partial charge is 0.339 e. The molecule has 1 atom stereocenters. The molecule has 0 spiro atoms. The summed E-state index contributed by atoms with van der Waals surface area (Å²) in [5, 5.41) is 3.34. The zero-order valence-electron chi connectivity index (χ0n) is 5.78. The van der Waals surface area contributed by atoms with Crippen molar-refractivity contribution in [2.45, 2.75) is 13.0 Å². The third-order valence-corrected chi connectivity index (χ3v) is 1.43. The summed E-state index contributed by atoms with van der Waals surface area (Å²) in [6, 6.07) is 3.54. The molecule has 0 bridgehead atoms. The van der Waals surface area contributed by atoms with E-state index < -0.39 is 0 Å². The lowest BCUT2D eigenvalue weighted by Crippen LogP contribution is -2.11. The highest BCUT2D eigenvalue weighted by Gasteiger charge is 2.05. The molecule has 1 aromatic rings. The molecule has 1 aromatic heterocycles. The van der Waals surface area contributed by atoms with Crippen LogP contribution < -0.4 is 5.84 Å². The second-order valence-corrected chi connectivity index (χ2v) is 2.15. The van der Waals surface area contributed by atoms with E-state index in [9.17, 15) is 0 Å². The fraction of sp³-hybridized carbons (Fsp3) is 0.333. The van der Waals surface area contributed by atoms with E-state index in [2.05, 4.69) is 5.11 Å². The summed E-state index contributed by atoms with van der Waals surface area (Å²) in [4.78, 5) is 0. The van der Waals surface area contributed by atoms with E-state index in [1.54, 1.807) is 6.20 Å². The van der Waals surface area contributed by atoms with Gasteiger partial charge in [0.25, 0.3) is 0 Å². The Bertz CT molecular complexity index is 227. The van der Waals surface area contributed by atoms with E-state index in [1.807, 2.05) is 19.1 Å². The highest BCUT2D eigenvalue weighted by molar-refractivity contribution is 5.10. The molecule has 0 saturated carbocycles. The van der Waals surface area contributed by atoms with Crippen molar-refractivity contribution >= 4 is 0 Å². The number of nitrogens with zero attached hydrogens (tertiary/aromatic N) is 2. The highest BCUT2D eigenvalue weighted by Crippen LogP contribution is 2.13. The molecule has 0 aliphatic carbocycles. The fourth-order valence-electron chi connectivity index (χ4n) is 0.828. The minimum absolute atomic E-state index is 0.139. The van der Waals surface area contributed by atoms with E-state index in [0.29, 0.717) is 0 Å². The lowest BCUT2D eigenvalue weighted by molar-refractivity contribution is 0.682. The second-order valence-electron chi connectivity index (χ2n) is 2.15. The number of aromatic nitrogens is 1. The Labute approximate surface area is 59.1 Å². The molecule has 0 saturated heterocycles. The van der Waals surface area contributed by atoms with Gasteiger partial charge in [-0.25, -0.2) is 5.53 Å². The zero-order chi connectivity index (χ0) is 7.56. The number of hydrogen-bond donors (Lipinski definition) is 2. The topological polar surface area (TPSA) is 67.2 Å². The zero-order valence-corrected chi connectivity index (χ0v) is 5.78. The van der Waals surface area contributed by atoms with Crippen molar-refractivity contribution in [3.63, 3.8) is 0 Å². The van der Waals surface area contributed by atoms with E-state index in [4.69, 9.17) is 11.4 Å². The molecule has 0 aromatic carbocycles. The van der Waals surface area contributed by atoms with Crippen LogP contribution in [0.3, 0.4) is 0 Å². The van der Waals surface area contributed by atoms with Crippen LogP contribution in [0.25, 0.3) is 0 Å². The fourth-order valence-corrected chi connectivity index (χ4v) is 0.828. The van der Waals surface area contributed by atoms with Gasteiger partial charge in [-0.05, 0) is 19.1 Å². The minimum atomic E-state index is -0.139. The average Bonchev–Trinajstić information content (AvgIpc) is 2.34. The van der Waals surface area contributed by atoms with Gasteiger partial charge in [0.1, 0.15) is 6.04 Å². The van der Waals surface area contributed by atoms with Crippen LogP contribution in [0.15, 0.2) is 23.4 Å². The van der Waals surface area contributed by atoms with Crippen LogP contribution in [0.2, 0.25) is 0 Å². The molecule has 1 rings (SSSR count). The smallest absolute Gasteiger partial charge is 0.110 e. The molecular formula is C6H10N4. The number of nitrogens with two attached hydrogens (primary N) is 1. The van der Waals surface area contributed by atoms with Crippen molar-refractivity contribution in [1.29, 1.82) is 5.53 Å². The van der Waals surface area contributed by atoms with Crippen molar-refractivity contribution < 1.29 is 0 Å². The first-order chi connectivity index (χ1) is 4.75. The number of nitrogens with one attached hydrogen (secondary N) is 1. The molecule has 0 radical (unpaired) electrons. The normalized spacial score (nSPS) is 12.9. The van der Waals surface area contributed by atoms with Gasteiger partial charge >= 0.3 is 0 Å². The maximum absolute atomic E-state index is 6.74. The molecule has 1 unspecified atom stereocenters. The van der Waals surface area contributed by atoms with Crippen LogP contribution in [0, 0.1) is 5.53 Å². The Morgan fingerprint density at radius 2 is 2.50 bits per heavy atom. The van der Waals surface area contributed by atoms with Gasteiger partial charge in [0.2, 0.25) is 0 Å². The van der Waals surface area contributed by atoms with Crippen LogP contribution in [-0.4, -0.2) is 4.68 Å². The lowest BCUT2D eigenvalue weighted by Gasteiger charge is -2.04. The molecule has 54 valence electrons. The Kier molecular flexibility index (Phi) is 1.71. The third-order valence-electron chi connectivity index (χ3n) is 1.43. The Morgan fingerprint density at radius 3 is 2.90 bits per heavy atom. The Morgan fingerprint density at radius 1 is 1.80 bits per heavy atom. The van der Waals surface area contributed by atoms with Crippen molar-refractivity contribution in [3.8, 4) is 0 Å². The van der Waals surface area contributed by atoms with Gasteiger partial charge in [0.05, 0.1) is 5.69 Å². The van der Waals surface area contributed by atoms with Gasteiger partial charge in [0.15, 0.2) is 0 Å². The molecule has 0 aliphatic rings. The maximum Gasteiger partial charge on any atom is 0.110 e. The summed E-state index contributed by atoms with van der Waals surface area (Å²) >= 11 is 0. The predicted molar refractivity (Wildman–Crippen MR) is 38.1 cm³/mol. The predicted octanol–water partition coefficient (Wildman–Crippen LogP) is 1.29. The SMILES string of the molecule is CC(N=N)c1cccn1N. The standard InChI is InChI=1S/C6H10N4/c1-5(9-7)6-3-2-4-10(6)8/h2-5,7H,8H2,1H3. The van der Waals surface area contributed by atoms with Crippen LogP contribution in [0.5, 0.6) is 0 Å². The second kappa shape index (κ2) is 2.51. The molecule has 1 heterocycles. The first-order valence-electron chi connectivity index (χ1n) is 3.04. The van der Waals surface area contributed by atoms with Crippen LogP contribution in [-0.2, 0) is 0 Å². The van der Waals surface area contributed by atoms with E-state index in [0.717, 1.165) is 5.69 Å². The molecule has 10 heavy (non-hydrogen) atoms. The average molecular weight is 138 g/mol. The van der Waals surface area contributed by atoms with E-state index in [-0.39, 0.29) is 6.04 Å². The van der Waals surface area contributed by atoms with Gasteiger partial charge in [-0.3, -0.25) is 4.68 Å². The Balaban J connectivity index is 2.92. The molecular weight excluding hydrogens is 128 g/mol. The van der Waals surface area contributed by atoms with Crippen LogP contribution >= 0.6 is 0 Å². The van der Waals surface area contributed by atoms with Gasteiger partial charge in [-0.1, -0.05) is 0 Å². The number of hydrogen-bond acceptors (Lipinski definition) is 3. The molecule has 0 aliphatic heterocycles. The van der Waals surface area contributed by atoms with Crippen molar-refractivity contribution in [1.82, 2.24) is 4.68 Å². The van der Waals surface area contributed by atoms with Crippen molar-refractivity contribution in [2.24, 2.45) is 5.11 Å². The molecule has 4 heteroatoms. The molecule has 3 N–H and O–H groups in total. The third kappa shape index (κ3) is 1.00. The molecule has 0 amide bonds.